The molecule has 0 bridgehead atoms. The van der Waals surface area contributed by atoms with Gasteiger partial charge in [-0.05, 0) is 11.5 Å². The molecule has 1 unspecified atom stereocenters. The summed E-state index contributed by atoms with van der Waals surface area (Å²) in [4.78, 5) is 34.4. The van der Waals surface area contributed by atoms with E-state index < -0.39 is 30.5 Å². The van der Waals surface area contributed by atoms with E-state index in [2.05, 4.69) is 5.32 Å². The highest BCUT2D eigenvalue weighted by Crippen LogP contribution is 2.03. The number of hydrogen-bond donors (Lipinski definition) is 2. The minimum Gasteiger partial charge on any atom is -0.481 e. The third-order valence-electron chi connectivity index (χ3n) is 2.73. The molecule has 1 aromatic rings. The van der Waals surface area contributed by atoms with Gasteiger partial charge in [-0.3, -0.25) is 4.79 Å². The minimum absolute atomic E-state index is 0.0213. The number of alkyl carbamates (subject to hydrolysis) is 1. The van der Waals surface area contributed by atoms with Crippen LogP contribution in [0.15, 0.2) is 30.3 Å². The molecule has 0 radical (unpaired) electrons. The molecule has 1 aromatic carbocycles. The van der Waals surface area contributed by atoms with Crippen LogP contribution in [0.1, 0.15) is 25.8 Å². The number of carboxylic acid groups (broad SMARTS) is 1. The average molecular weight is 323 g/mol. The quantitative estimate of drug-likeness (QED) is 0.709. The zero-order chi connectivity index (χ0) is 17.2. The molecule has 0 heterocycles. The Morgan fingerprint density at radius 1 is 1.13 bits per heavy atom. The summed E-state index contributed by atoms with van der Waals surface area (Å²) in [6.07, 6.45) is -1.45. The van der Waals surface area contributed by atoms with Crippen molar-refractivity contribution in [3.05, 3.63) is 35.9 Å². The van der Waals surface area contributed by atoms with Crippen molar-refractivity contribution >= 4 is 18.0 Å². The van der Waals surface area contributed by atoms with Crippen LogP contribution >= 0.6 is 0 Å². The molecule has 2 N–H and O–H groups in total. The maximum atomic E-state index is 11.8. The standard InChI is InChI=1S/C16H21NO6/c1-11(2)9-22-15(20)13(8-14(18)19)17-16(21)23-10-12-6-4-3-5-7-12/h3-7,11,13H,8-10H2,1-2H3,(H,17,21)(H,18,19). The molecule has 0 fully saturated rings. The van der Waals surface area contributed by atoms with Gasteiger partial charge >= 0.3 is 18.0 Å². The van der Waals surface area contributed by atoms with Crippen LogP contribution in [0.2, 0.25) is 0 Å². The molecular weight excluding hydrogens is 302 g/mol. The van der Waals surface area contributed by atoms with Crippen molar-refractivity contribution < 1.29 is 29.0 Å². The van der Waals surface area contributed by atoms with Gasteiger partial charge in [0.15, 0.2) is 0 Å². The molecule has 7 heteroatoms. The van der Waals surface area contributed by atoms with E-state index in [1.165, 1.54) is 0 Å². The van der Waals surface area contributed by atoms with E-state index in [9.17, 15) is 14.4 Å². The lowest BCUT2D eigenvalue weighted by molar-refractivity contribution is -0.151. The number of carbonyl (C=O) groups excluding carboxylic acids is 2. The van der Waals surface area contributed by atoms with Gasteiger partial charge in [-0.25, -0.2) is 9.59 Å². The number of esters is 1. The summed E-state index contributed by atoms with van der Waals surface area (Å²) < 4.78 is 9.92. The summed E-state index contributed by atoms with van der Waals surface area (Å²) in [5, 5.41) is 11.1. The SMILES string of the molecule is CC(C)COC(=O)C(CC(=O)O)NC(=O)OCc1ccccc1. The Hall–Kier alpha value is -2.57. The van der Waals surface area contributed by atoms with Crippen LogP contribution < -0.4 is 5.32 Å². The molecule has 0 aliphatic heterocycles. The fourth-order valence-electron chi connectivity index (χ4n) is 1.62. The van der Waals surface area contributed by atoms with Gasteiger partial charge in [0.2, 0.25) is 0 Å². The molecule has 23 heavy (non-hydrogen) atoms. The second kappa shape index (κ2) is 9.45. The first-order chi connectivity index (χ1) is 10.9. The number of rotatable bonds is 8. The number of amides is 1. The summed E-state index contributed by atoms with van der Waals surface area (Å²) in [5.74, 6) is -1.91. The fraction of sp³-hybridized carbons (Fsp3) is 0.438. The molecule has 0 aliphatic carbocycles. The van der Waals surface area contributed by atoms with Gasteiger partial charge in [-0.15, -0.1) is 0 Å². The Balaban J connectivity index is 2.52. The molecule has 126 valence electrons. The first kappa shape index (κ1) is 18.5. The zero-order valence-corrected chi connectivity index (χ0v) is 13.2. The Labute approximate surface area is 134 Å². The predicted octanol–water partition coefficient (Wildman–Crippen LogP) is 1.96. The van der Waals surface area contributed by atoms with E-state index >= 15 is 0 Å². The maximum Gasteiger partial charge on any atom is 0.408 e. The Kier molecular flexibility index (Phi) is 7.59. The van der Waals surface area contributed by atoms with Crippen LogP contribution in [-0.2, 0) is 25.7 Å². The first-order valence-corrected chi connectivity index (χ1v) is 7.24. The summed E-state index contributed by atoms with van der Waals surface area (Å²) in [6, 6.07) is 7.70. The maximum absolute atomic E-state index is 11.8. The van der Waals surface area contributed by atoms with Gasteiger partial charge in [-0.1, -0.05) is 44.2 Å². The van der Waals surface area contributed by atoms with E-state index in [1.807, 2.05) is 19.9 Å². The predicted molar refractivity (Wildman–Crippen MR) is 81.6 cm³/mol. The highest BCUT2D eigenvalue weighted by molar-refractivity contribution is 5.85. The van der Waals surface area contributed by atoms with E-state index in [-0.39, 0.29) is 19.1 Å². The number of carbonyl (C=O) groups is 3. The lowest BCUT2D eigenvalue weighted by Gasteiger charge is -2.16. The number of aliphatic carboxylic acids is 1. The number of nitrogens with one attached hydrogen (secondary N) is 1. The van der Waals surface area contributed by atoms with Crippen molar-refractivity contribution in [3.63, 3.8) is 0 Å². The van der Waals surface area contributed by atoms with E-state index in [4.69, 9.17) is 14.6 Å². The highest BCUT2D eigenvalue weighted by atomic mass is 16.6. The van der Waals surface area contributed by atoms with Crippen LogP contribution in [0.5, 0.6) is 0 Å². The number of carboxylic acids is 1. The molecular formula is C16H21NO6. The van der Waals surface area contributed by atoms with Crippen LogP contribution in [0, 0.1) is 5.92 Å². The fourth-order valence-corrected chi connectivity index (χ4v) is 1.62. The highest BCUT2D eigenvalue weighted by Gasteiger charge is 2.26. The lowest BCUT2D eigenvalue weighted by Crippen LogP contribution is -2.43. The third kappa shape index (κ3) is 7.85. The number of benzene rings is 1. The molecule has 0 saturated carbocycles. The van der Waals surface area contributed by atoms with Crippen molar-refractivity contribution in [2.45, 2.75) is 32.9 Å². The second-order valence-electron chi connectivity index (χ2n) is 5.38. The van der Waals surface area contributed by atoms with Gasteiger partial charge in [0.25, 0.3) is 0 Å². The van der Waals surface area contributed by atoms with Crippen molar-refractivity contribution in [2.75, 3.05) is 6.61 Å². The van der Waals surface area contributed by atoms with Gasteiger partial charge in [0, 0.05) is 0 Å². The molecule has 0 aromatic heterocycles. The molecule has 0 aliphatic rings. The van der Waals surface area contributed by atoms with Crippen molar-refractivity contribution in [1.82, 2.24) is 5.32 Å². The van der Waals surface area contributed by atoms with Crippen molar-refractivity contribution in [1.29, 1.82) is 0 Å². The topological polar surface area (TPSA) is 102 Å². The van der Waals surface area contributed by atoms with Crippen LogP contribution in [-0.4, -0.2) is 35.8 Å². The van der Waals surface area contributed by atoms with E-state index in [0.717, 1.165) is 5.56 Å². The smallest absolute Gasteiger partial charge is 0.408 e. The monoisotopic (exact) mass is 323 g/mol. The molecule has 1 amide bonds. The number of ether oxygens (including phenoxy) is 2. The average Bonchev–Trinajstić information content (AvgIpc) is 2.50. The lowest BCUT2D eigenvalue weighted by atomic mass is 10.2. The van der Waals surface area contributed by atoms with Crippen molar-refractivity contribution in [3.8, 4) is 0 Å². The van der Waals surface area contributed by atoms with Gasteiger partial charge < -0.3 is 19.9 Å². The summed E-state index contributed by atoms with van der Waals surface area (Å²) >= 11 is 0. The largest absolute Gasteiger partial charge is 0.481 e. The Morgan fingerprint density at radius 2 is 1.78 bits per heavy atom. The van der Waals surface area contributed by atoms with E-state index in [1.54, 1.807) is 24.3 Å². The molecule has 1 rings (SSSR count). The molecule has 0 spiro atoms. The second-order valence-corrected chi connectivity index (χ2v) is 5.38. The molecule has 7 nitrogen and oxygen atoms in total. The molecule has 0 saturated heterocycles. The Bertz CT molecular complexity index is 529. The summed E-state index contributed by atoms with van der Waals surface area (Å²) in [5.41, 5.74) is 0.778. The van der Waals surface area contributed by atoms with Crippen molar-refractivity contribution in [2.24, 2.45) is 5.92 Å². The third-order valence-corrected chi connectivity index (χ3v) is 2.73. The summed E-state index contributed by atoms with van der Waals surface area (Å²) in [6.45, 7) is 3.87. The minimum atomic E-state index is -1.28. The van der Waals surface area contributed by atoms with Gasteiger partial charge in [0.1, 0.15) is 12.6 Å². The van der Waals surface area contributed by atoms with Crippen LogP contribution in [0.25, 0.3) is 0 Å². The van der Waals surface area contributed by atoms with Crippen LogP contribution in [0.3, 0.4) is 0 Å². The Morgan fingerprint density at radius 3 is 2.35 bits per heavy atom. The normalized spacial score (nSPS) is 11.6. The van der Waals surface area contributed by atoms with E-state index in [0.29, 0.717) is 0 Å². The number of hydrogen-bond acceptors (Lipinski definition) is 5. The van der Waals surface area contributed by atoms with Gasteiger partial charge in [0.05, 0.1) is 13.0 Å². The van der Waals surface area contributed by atoms with Gasteiger partial charge in [-0.2, -0.15) is 0 Å². The first-order valence-electron chi connectivity index (χ1n) is 7.24. The van der Waals surface area contributed by atoms with Crippen LogP contribution in [0.4, 0.5) is 4.79 Å². The molecule has 1 atom stereocenters. The zero-order valence-electron chi connectivity index (χ0n) is 13.2. The summed E-state index contributed by atoms with van der Waals surface area (Å²) in [7, 11) is 0.